The lowest BCUT2D eigenvalue weighted by Gasteiger charge is -2.29. The first-order valence-electron chi connectivity index (χ1n) is 9.65. The molecule has 1 aliphatic heterocycles. The number of hydrogen-bond acceptors (Lipinski definition) is 7. The van der Waals surface area contributed by atoms with Crippen LogP contribution >= 0.6 is 0 Å². The van der Waals surface area contributed by atoms with Gasteiger partial charge in [0.05, 0.1) is 26.0 Å². The number of anilines is 2. The Labute approximate surface area is 166 Å². The molecule has 1 aromatic carbocycles. The number of aryl methyl sites for hydroxylation is 1. The van der Waals surface area contributed by atoms with Crippen molar-refractivity contribution in [1.29, 1.82) is 0 Å². The van der Waals surface area contributed by atoms with Crippen LogP contribution in [0, 0.1) is 6.92 Å². The highest BCUT2D eigenvalue weighted by Gasteiger charge is 2.14. The minimum atomic E-state index is 0.458. The predicted molar refractivity (Wildman–Crippen MR) is 112 cm³/mol. The summed E-state index contributed by atoms with van der Waals surface area (Å²) in [7, 11) is 0. The van der Waals surface area contributed by atoms with Crippen LogP contribution in [-0.2, 0) is 9.47 Å². The summed E-state index contributed by atoms with van der Waals surface area (Å²) in [5.41, 5.74) is 6.29. The van der Waals surface area contributed by atoms with E-state index in [1.165, 1.54) is 5.56 Å². The van der Waals surface area contributed by atoms with Gasteiger partial charge in [-0.05, 0) is 19.4 Å². The highest BCUT2D eigenvalue weighted by Crippen LogP contribution is 2.24. The maximum Gasteiger partial charge on any atom is 0.217 e. The molecule has 28 heavy (non-hydrogen) atoms. The van der Waals surface area contributed by atoms with Crippen molar-refractivity contribution < 1.29 is 14.2 Å². The number of benzene rings is 1. The summed E-state index contributed by atoms with van der Waals surface area (Å²) in [5.74, 6) is 1.19. The highest BCUT2D eigenvalue weighted by molar-refractivity contribution is 5.80. The molecule has 0 saturated carbocycles. The number of aromatic nitrogens is 1. The van der Waals surface area contributed by atoms with E-state index in [0.717, 1.165) is 37.6 Å². The average molecular weight is 384 g/mol. The Balaban J connectivity index is 1.71. The van der Waals surface area contributed by atoms with Crippen LogP contribution in [0.25, 0.3) is 0 Å². The molecular weight excluding hydrogens is 356 g/mol. The van der Waals surface area contributed by atoms with Crippen LogP contribution in [0.4, 0.5) is 11.5 Å². The van der Waals surface area contributed by atoms with E-state index in [9.17, 15) is 0 Å². The number of ether oxygens (including phenoxy) is 3. The Morgan fingerprint density at radius 1 is 1.21 bits per heavy atom. The van der Waals surface area contributed by atoms with Crippen molar-refractivity contribution in [2.45, 2.75) is 13.8 Å². The first-order chi connectivity index (χ1) is 13.7. The van der Waals surface area contributed by atoms with Gasteiger partial charge in [0.25, 0.3) is 0 Å². The summed E-state index contributed by atoms with van der Waals surface area (Å²) in [4.78, 5) is 6.77. The highest BCUT2D eigenvalue weighted by atomic mass is 16.5. The molecule has 0 amide bonds. The zero-order chi connectivity index (χ0) is 19.6. The number of nitrogens with one attached hydrogen (secondary N) is 1. The van der Waals surface area contributed by atoms with Gasteiger partial charge in [-0.1, -0.05) is 29.8 Å². The van der Waals surface area contributed by atoms with Gasteiger partial charge in [0, 0.05) is 37.5 Å². The molecule has 0 atom stereocenters. The van der Waals surface area contributed by atoms with E-state index in [1.54, 1.807) is 6.21 Å². The van der Waals surface area contributed by atoms with Gasteiger partial charge in [-0.15, -0.1) is 0 Å². The van der Waals surface area contributed by atoms with Gasteiger partial charge in [-0.2, -0.15) is 10.1 Å². The minimum Gasteiger partial charge on any atom is -0.475 e. The molecule has 7 heteroatoms. The SMILES string of the molecule is CCOCCOc1cc(N2CCOCC2)cc(NN=Cc2cccc(C)c2)n1. The fraction of sp³-hybridized carbons (Fsp3) is 0.429. The molecule has 0 radical (unpaired) electrons. The number of rotatable bonds is 9. The topological polar surface area (TPSA) is 68.2 Å². The summed E-state index contributed by atoms with van der Waals surface area (Å²) < 4.78 is 16.6. The van der Waals surface area contributed by atoms with Gasteiger partial charge in [-0.3, -0.25) is 5.43 Å². The number of hydrogen-bond donors (Lipinski definition) is 1. The first kappa shape index (κ1) is 20.1. The van der Waals surface area contributed by atoms with Crippen LogP contribution in [0.5, 0.6) is 5.88 Å². The summed E-state index contributed by atoms with van der Waals surface area (Å²) in [6, 6.07) is 12.1. The van der Waals surface area contributed by atoms with Crippen LogP contribution in [0.1, 0.15) is 18.1 Å². The normalized spacial score (nSPS) is 14.4. The van der Waals surface area contributed by atoms with Crippen LogP contribution in [0.15, 0.2) is 41.5 Å². The lowest BCUT2D eigenvalue weighted by atomic mass is 10.2. The third-order valence-electron chi connectivity index (χ3n) is 4.28. The third-order valence-corrected chi connectivity index (χ3v) is 4.28. The standard InChI is InChI=1S/C21H28N4O3/c1-3-26-11-12-28-21-15-19(25-7-9-27-10-8-25)14-20(23-21)24-22-16-18-6-4-5-17(2)13-18/h4-6,13-16H,3,7-12H2,1-2H3,(H,23,24). The molecule has 1 saturated heterocycles. The monoisotopic (exact) mass is 384 g/mol. The molecule has 1 N–H and O–H groups in total. The molecule has 150 valence electrons. The lowest BCUT2D eigenvalue weighted by molar-refractivity contribution is 0.108. The second kappa shape index (κ2) is 10.6. The molecule has 0 unspecified atom stereocenters. The second-order valence-electron chi connectivity index (χ2n) is 6.48. The quantitative estimate of drug-likeness (QED) is 0.407. The Morgan fingerprint density at radius 2 is 2.07 bits per heavy atom. The van der Waals surface area contributed by atoms with Crippen molar-refractivity contribution in [3.05, 3.63) is 47.5 Å². The van der Waals surface area contributed by atoms with E-state index in [0.29, 0.717) is 31.5 Å². The zero-order valence-electron chi connectivity index (χ0n) is 16.6. The lowest BCUT2D eigenvalue weighted by Crippen LogP contribution is -2.36. The number of hydrazone groups is 1. The number of pyridine rings is 1. The molecular formula is C21H28N4O3. The van der Waals surface area contributed by atoms with E-state index in [2.05, 4.69) is 39.5 Å². The van der Waals surface area contributed by atoms with Crippen molar-refractivity contribution in [2.75, 3.05) is 56.4 Å². The maximum atomic E-state index is 5.77. The molecule has 0 spiro atoms. The molecule has 0 aliphatic carbocycles. The Kier molecular flexibility index (Phi) is 7.63. The van der Waals surface area contributed by atoms with E-state index in [4.69, 9.17) is 14.2 Å². The summed E-state index contributed by atoms with van der Waals surface area (Å²) in [6.07, 6.45) is 1.78. The van der Waals surface area contributed by atoms with Gasteiger partial charge < -0.3 is 19.1 Å². The first-order valence-corrected chi connectivity index (χ1v) is 9.65. The smallest absolute Gasteiger partial charge is 0.217 e. The van der Waals surface area contributed by atoms with Gasteiger partial charge in [-0.25, -0.2) is 0 Å². The summed E-state index contributed by atoms with van der Waals surface area (Å²) in [5, 5.41) is 4.33. The van der Waals surface area contributed by atoms with E-state index in [-0.39, 0.29) is 0 Å². The molecule has 2 aromatic rings. The van der Waals surface area contributed by atoms with Crippen molar-refractivity contribution >= 4 is 17.7 Å². The Morgan fingerprint density at radius 3 is 2.86 bits per heavy atom. The molecule has 2 heterocycles. The molecule has 1 aliphatic rings. The van der Waals surface area contributed by atoms with E-state index < -0.39 is 0 Å². The maximum absolute atomic E-state index is 5.77. The largest absolute Gasteiger partial charge is 0.475 e. The average Bonchev–Trinajstić information content (AvgIpc) is 2.72. The van der Waals surface area contributed by atoms with Crippen molar-refractivity contribution in [1.82, 2.24) is 4.98 Å². The molecule has 0 bridgehead atoms. The molecule has 1 aromatic heterocycles. The van der Waals surface area contributed by atoms with Crippen molar-refractivity contribution in [2.24, 2.45) is 5.10 Å². The summed E-state index contributed by atoms with van der Waals surface area (Å²) >= 11 is 0. The fourth-order valence-electron chi connectivity index (χ4n) is 2.90. The van der Waals surface area contributed by atoms with Crippen LogP contribution in [0.3, 0.4) is 0 Å². The van der Waals surface area contributed by atoms with Crippen molar-refractivity contribution in [3.63, 3.8) is 0 Å². The van der Waals surface area contributed by atoms with Gasteiger partial charge in [0.1, 0.15) is 6.61 Å². The second-order valence-corrected chi connectivity index (χ2v) is 6.48. The Bertz CT molecular complexity index is 776. The molecule has 7 nitrogen and oxygen atoms in total. The minimum absolute atomic E-state index is 0.458. The van der Waals surface area contributed by atoms with E-state index >= 15 is 0 Å². The Hall–Kier alpha value is -2.64. The zero-order valence-corrected chi connectivity index (χ0v) is 16.6. The number of morpholine rings is 1. The molecule has 3 rings (SSSR count). The third kappa shape index (κ3) is 6.21. The summed E-state index contributed by atoms with van der Waals surface area (Å²) in [6.45, 7) is 8.81. The predicted octanol–water partition coefficient (Wildman–Crippen LogP) is 3.09. The van der Waals surface area contributed by atoms with Gasteiger partial charge >= 0.3 is 0 Å². The van der Waals surface area contributed by atoms with Crippen LogP contribution in [-0.4, -0.2) is 57.3 Å². The fourth-order valence-corrected chi connectivity index (χ4v) is 2.90. The van der Waals surface area contributed by atoms with Gasteiger partial charge in [0.15, 0.2) is 5.82 Å². The van der Waals surface area contributed by atoms with E-state index in [1.807, 2.05) is 31.2 Å². The van der Waals surface area contributed by atoms with Crippen LogP contribution < -0.4 is 15.1 Å². The van der Waals surface area contributed by atoms with Crippen molar-refractivity contribution in [3.8, 4) is 5.88 Å². The molecule has 1 fully saturated rings. The van der Waals surface area contributed by atoms with Crippen LogP contribution in [0.2, 0.25) is 0 Å². The number of nitrogens with zero attached hydrogens (tertiary/aromatic N) is 3. The van der Waals surface area contributed by atoms with Gasteiger partial charge in [0.2, 0.25) is 5.88 Å².